The Bertz CT molecular complexity index is 198. The van der Waals surface area contributed by atoms with Crippen LogP contribution in [0.3, 0.4) is 0 Å². The van der Waals surface area contributed by atoms with Crippen LogP contribution in [0.2, 0.25) is 0 Å². The van der Waals surface area contributed by atoms with Crippen molar-refractivity contribution in [2.75, 3.05) is 13.1 Å². The molecule has 0 fully saturated rings. The van der Waals surface area contributed by atoms with E-state index in [1.165, 1.54) is 64.2 Å². The Morgan fingerprint density at radius 3 is 1.89 bits per heavy atom. The molecule has 0 aromatic carbocycles. The van der Waals surface area contributed by atoms with Gasteiger partial charge < -0.3 is 5.32 Å². The average molecular weight is 271 g/mol. The lowest BCUT2D eigenvalue weighted by atomic mass is 10.1. The minimum absolute atomic E-state index is 0.101. The molecule has 0 rings (SSSR count). The number of amides is 1. The van der Waals surface area contributed by atoms with E-state index in [0.29, 0.717) is 6.42 Å². The zero-order valence-corrected chi connectivity index (χ0v) is 12.7. The summed E-state index contributed by atoms with van der Waals surface area (Å²) >= 11 is 0. The molecule has 1 amide bonds. The molecule has 4 nitrogen and oxygen atoms in total. The molecule has 0 aromatic rings. The number of hydrogen-bond acceptors (Lipinski definition) is 3. The summed E-state index contributed by atoms with van der Waals surface area (Å²) in [6, 6.07) is 0. The average Bonchev–Trinajstić information content (AvgIpc) is 2.43. The number of carbonyl (C=O) groups is 1. The molecule has 0 aliphatic rings. The van der Waals surface area contributed by atoms with Crippen LogP contribution in [0.5, 0.6) is 0 Å². The Kier molecular flexibility index (Phi) is 15.0. The molecule has 0 aliphatic heterocycles. The number of rotatable bonds is 14. The molecule has 19 heavy (non-hydrogen) atoms. The highest BCUT2D eigenvalue weighted by atomic mass is 16.2. The van der Waals surface area contributed by atoms with E-state index in [-0.39, 0.29) is 5.91 Å². The van der Waals surface area contributed by atoms with E-state index >= 15 is 0 Å². The molecule has 0 atom stereocenters. The predicted molar refractivity (Wildman–Crippen MR) is 81.7 cm³/mol. The third-order valence-electron chi connectivity index (χ3n) is 3.40. The summed E-state index contributed by atoms with van der Waals surface area (Å²) in [6.45, 7) is 3.99. The van der Waals surface area contributed by atoms with Crippen LogP contribution in [0.15, 0.2) is 0 Å². The van der Waals surface area contributed by atoms with Crippen molar-refractivity contribution in [3.63, 3.8) is 0 Å². The van der Waals surface area contributed by atoms with Gasteiger partial charge in [0.05, 0.1) is 0 Å². The van der Waals surface area contributed by atoms with Crippen LogP contribution in [0.4, 0.5) is 0 Å². The third-order valence-corrected chi connectivity index (χ3v) is 3.40. The zero-order valence-electron chi connectivity index (χ0n) is 12.7. The Hall–Kier alpha value is -0.610. The van der Waals surface area contributed by atoms with Gasteiger partial charge in [-0.15, -0.1) is 0 Å². The summed E-state index contributed by atoms with van der Waals surface area (Å²) in [5.74, 6) is 4.89. The highest BCUT2D eigenvalue weighted by molar-refractivity contribution is 5.75. The van der Waals surface area contributed by atoms with E-state index in [1.54, 1.807) is 0 Å². The van der Waals surface area contributed by atoms with Crippen LogP contribution in [0.25, 0.3) is 0 Å². The second-order valence-corrected chi connectivity index (χ2v) is 5.25. The molecular formula is C15H33N3O. The van der Waals surface area contributed by atoms with Gasteiger partial charge in [0.15, 0.2) is 0 Å². The molecule has 4 heteroatoms. The Morgan fingerprint density at radius 2 is 1.37 bits per heavy atom. The van der Waals surface area contributed by atoms with Crippen LogP contribution in [0, 0.1) is 0 Å². The van der Waals surface area contributed by atoms with E-state index < -0.39 is 0 Å². The van der Waals surface area contributed by atoms with Crippen molar-refractivity contribution < 1.29 is 4.79 Å². The molecule has 0 aliphatic carbocycles. The minimum Gasteiger partial charge on any atom is -0.316 e. The van der Waals surface area contributed by atoms with Gasteiger partial charge >= 0.3 is 0 Å². The Balaban J connectivity index is 2.97. The maximum absolute atomic E-state index is 10.8. The molecule has 0 aromatic heterocycles. The fourth-order valence-corrected chi connectivity index (χ4v) is 2.14. The zero-order chi connectivity index (χ0) is 14.2. The summed E-state index contributed by atoms with van der Waals surface area (Å²) in [5.41, 5.74) is 2.13. The summed E-state index contributed by atoms with van der Waals surface area (Å²) in [7, 11) is 0. The third kappa shape index (κ3) is 15.3. The summed E-state index contributed by atoms with van der Waals surface area (Å²) in [4.78, 5) is 10.8. The van der Waals surface area contributed by atoms with E-state index in [1.807, 2.05) is 0 Å². The van der Waals surface area contributed by atoms with E-state index in [9.17, 15) is 4.79 Å². The molecule has 0 bridgehead atoms. The molecule has 114 valence electrons. The number of carbonyl (C=O) groups excluding carboxylic acids is 1. The van der Waals surface area contributed by atoms with Gasteiger partial charge in [-0.2, -0.15) is 0 Å². The SMILES string of the molecule is CCCCCCCCCCCCNCCC(=O)NN. The van der Waals surface area contributed by atoms with Crippen molar-refractivity contribution >= 4 is 5.91 Å². The van der Waals surface area contributed by atoms with Gasteiger partial charge in [-0.25, -0.2) is 5.84 Å². The van der Waals surface area contributed by atoms with Gasteiger partial charge in [-0.3, -0.25) is 10.2 Å². The van der Waals surface area contributed by atoms with Crippen LogP contribution in [-0.4, -0.2) is 19.0 Å². The van der Waals surface area contributed by atoms with Gasteiger partial charge in [0.2, 0.25) is 5.91 Å². The van der Waals surface area contributed by atoms with E-state index in [2.05, 4.69) is 17.7 Å². The smallest absolute Gasteiger partial charge is 0.235 e. The first-order valence-electron chi connectivity index (χ1n) is 8.01. The first kappa shape index (κ1) is 18.4. The first-order valence-corrected chi connectivity index (χ1v) is 8.01. The van der Waals surface area contributed by atoms with Crippen molar-refractivity contribution in [1.29, 1.82) is 0 Å². The van der Waals surface area contributed by atoms with Gasteiger partial charge in [0, 0.05) is 13.0 Å². The topological polar surface area (TPSA) is 67.2 Å². The number of nitrogens with one attached hydrogen (secondary N) is 2. The van der Waals surface area contributed by atoms with Gasteiger partial charge in [-0.05, 0) is 13.0 Å². The van der Waals surface area contributed by atoms with Crippen LogP contribution >= 0.6 is 0 Å². The van der Waals surface area contributed by atoms with E-state index in [4.69, 9.17) is 5.84 Å². The number of hydrogen-bond donors (Lipinski definition) is 3. The molecule has 0 saturated carbocycles. The van der Waals surface area contributed by atoms with Gasteiger partial charge in [0.25, 0.3) is 0 Å². The number of unbranched alkanes of at least 4 members (excludes halogenated alkanes) is 9. The minimum atomic E-state index is -0.101. The number of nitrogens with two attached hydrogens (primary N) is 1. The molecular weight excluding hydrogens is 238 g/mol. The van der Waals surface area contributed by atoms with E-state index in [0.717, 1.165) is 13.1 Å². The van der Waals surface area contributed by atoms with Crippen molar-refractivity contribution in [3.05, 3.63) is 0 Å². The molecule has 4 N–H and O–H groups in total. The fraction of sp³-hybridized carbons (Fsp3) is 0.933. The van der Waals surface area contributed by atoms with Crippen LogP contribution in [0.1, 0.15) is 77.6 Å². The highest BCUT2D eigenvalue weighted by Crippen LogP contribution is 2.10. The largest absolute Gasteiger partial charge is 0.316 e. The number of hydrazine groups is 1. The standard InChI is InChI=1S/C15H33N3O/c1-2-3-4-5-6-7-8-9-10-11-13-17-14-12-15(19)18-16/h17H,2-14,16H2,1H3,(H,18,19). The van der Waals surface area contributed by atoms with Crippen molar-refractivity contribution in [1.82, 2.24) is 10.7 Å². The lowest BCUT2D eigenvalue weighted by Gasteiger charge is -2.04. The normalized spacial score (nSPS) is 10.6. The predicted octanol–water partition coefficient (Wildman–Crippen LogP) is 2.88. The second kappa shape index (κ2) is 15.4. The van der Waals surface area contributed by atoms with Crippen molar-refractivity contribution in [2.45, 2.75) is 77.6 Å². The summed E-state index contributed by atoms with van der Waals surface area (Å²) in [5, 5.41) is 3.26. The first-order chi connectivity index (χ1) is 9.31. The fourth-order valence-electron chi connectivity index (χ4n) is 2.14. The monoisotopic (exact) mass is 271 g/mol. The summed E-state index contributed by atoms with van der Waals surface area (Å²) < 4.78 is 0. The van der Waals surface area contributed by atoms with Gasteiger partial charge in [-0.1, -0.05) is 64.7 Å². The Morgan fingerprint density at radius 1 is 0.842 bits per heavy atom. The molecule has 0 radical (unpaired) electrons. The summed E-state index contributed by atoms with van der Waals surface area (Å²) in [6.07, 6.45) is 14.1. The maximum atomic E-state index is 10.8. The molecule has 0 saturated heterocycles. The lowest BCUT2D eigenvalue weighted by molar-refractivity contribution is -0.121. The molecule has 0 spiro atoms. The second-order valence-electron chi connectivity index (χ2n) is 5.25. The highest BCUT2D eigenvalue weighted by Gasteiger charge is 1.96. The molecule has 0 unspecified atom stereocenters. The Labute approximate surface area is 118 Å². The van der Waals surface area contributed by atoms with Crippen molar-refractivity contribution in [2.24, 2.45) is 5.84 Å². The lowest BCUT2D eigenvalue weighted by Crippen LogP contribution is -2.32. The van der Waals surface area contributed by atoms with Gasteiger partial charge in [0.1, 0.15) is 0 Å². The maximum Gasteiger partial charge on any atom is 0.235 e. The quantitative estimate of drug-likeness (QED) is 0.197. The van der Waals surface area contributed by atoms with Crippen LogP contribution in [-0.2, 0) is 4.79 Å². The molecule has 0 heterocycles. The van der Waals surface area contributed by atoms with Crippen LogP contribution < -0.4 is 16.6 Å². The van der Waals surface area contributed by atoms with Crippen molar-refractivity contribution in [3.8, 4) is 0 Å².